The molecule has 0 bridgehead atoms. The first kappa shape index (κ1) is 23.0. The van der Waals surface area contributed by atoms with E-state index in [-0.39, 0.29) is 17.2 Å². The van der Waals surface area contributed by atoms with E-state index < -0.39 is 0 Å². The van der Waals surface area contributed by atoms with E-state index in [1.165, 1.54) is 31.0 Å². The molecule has 30 heavy (non-hydrogen) atoms. The molecule has 1 fully saturated rings. The highest BCUT2D eigenvalue weighted by Gasteiger charge is 2.15. The van der Waals surface area contributed by atoms with Gasteiger partial charge in [-0.3, -0.25) is 14.2 Å². The summed E-state index contributed by atoms with van der Waals surface area (Å²) in [4.78, 5) is 32.1. The van der Waals surface area contributed by atoms with Crippen LogP contribution in [0.15, 0.2) is 38.7 Å². The Balaban J connectivity index is 1.55. The average molecular weight is 493 g/mol. The third kappa shape index (κ3) is 6.43. The fraction of sp³-hybridized carbons (Fsp3) is 0.500. The number of aromatic nitrogens is 2. The number of carbonyl (C=O) groups excluding carboxylic acids is 1. The average Bonchev–Trinajstić information content (AvgIpc) is 2.75. The normalized spacial score (nSPS) is 14.6. The van der Waals surface area contributed by atoms with Crippen LogP contribution in [0.25, 0.3) is 0 Å². The van der Waals surface area contributed by atoms with Crippen LogP contribution < -0.4 is 10.9 Å². The van der Waals surface area contributed by atoms with Crippen molar-refractivity contribution in [1.82, 2.24) is 19.8 Å². The molecular formula is C22H29BrN4O2S. The summed E-state index contributed by atoms with van der Waals surface area (Å²) in [6.45, 7) is 5.68. The molecule has 0 atom stereocenters. The van der Waals surface area contributed by atoms with Crippen molar-refractivity contribution >= 4 is 33.6 Å². The Morgan fingerprint density at radius 3 is 2.60 bits per heavy atom. The molecule has 1 saturated heterocycles. The number of aryl methyl sites for hydroxylation is 1. The van der Waals surface area contributed by atoms with Gasteiger partial charge in [0.25, 0.3) is 5.56 Å². The molecule has 1 aromatic heterocycles. The highest BCUT2D eigenvalue weighted by molar-refractivity contribution is 9.10. The van der Waals surface area contributed by atoms with Crippen LogP contribution in [0.5, 0.6) is 0 Å². The maximum Gasteiger partial charge on any atom is 0.257 e. The number of amides is 1. The molecule has 0 aliphatic carbocycles. The van der Waals surface area contributed by atoms with E-state index in [4.69, 9.17) is 0 Å². The minimum atomic E-state index is -0.0570. The second-order valence-corrected chi connectivity index (χ2v) is 9.52. The number of hydrogen-bond donors (Lipinski definition) is 1. The Bertz CT molecular complexity index is 924. The topological polar surface area (TPSA) is 67.2 Å². The van der Waals surface area contributed by atoms with Crippen LogP contribution in [0.1, 0.15) is 36.1 Å². The van der Waals surface area contributed by atoms with E-state index in [0.29, 0.717) is 29.4 Å². The molecule has 1 aliphatic rings. The van der Waals surface area contributed by atoms with Gasteiger partial charge in [0.05, 0.1) is 5.75 Å². The van der Waals surface area contributed by atoms with Gasteiger partial charge in [0, 0.05) is 42.3 Å². The van der Waals surface area contributed by atoms with Gasteiger partial charge in [0.2, 0.25) is 5.91 Å². The zero-order valence-corrected chi connectivity index (χ0v) is 20.0. The first-order valence-corrected chi connectivity index (χ1v) is 12.1. The molecule has 0 radical (unpaired) electrons. The first-order valence-electron chi connectivity index (χ1n) is 10.4. The Hall–Kier alpha value is -1.64. The van der Waals surface area contributed by atoms with Crippen molar-refractivity contribution in [1.29, 1.82) is 0 Å². The van der Waals surface area contributed by atoms with Gasteiger partial charge in [-0.2, -0.15) is 0 Å². The lowest BCUT2D eigenvalue weighted by molar-refractivity contribution is -0.118. The van der Waals surface area contributed by atoms with Crippen molar-refractivity contribution < 1.29 is 4.79 Å². The molecule has 1 aromatic carbocycles. The molecule has 0 unspecified atom stereocenters. The van der Waals surface area contributed by atoms with Crippen LogP contribution in [0.3, 0.4) is 0 Å². The summed E-state index contributed by atoms with van der Waals surface area (Å²) >= 11 is 4.74. The summed E-state index contributed by atoms with van der Waals surface area (Å²) in [5.41, 5.74) is 2.41. The lowest BCUT2D eigenvalue weighted by Gasteiger charge is -2.26. The maximum atomic E-state index is 12.9. The Morgan fingerprint density at radius 2 is 1.90 bits per heavy atom. The Morgan fingerprint density at radius 1 is 1.20 bits per heavy atom. The lowest BCUT2D eigenvalue weighted by Crippen LogP contribution is -2.38. The quantitative estimate of drug-likeness (QED) is 0.452. The van der Waals surface area contributed by atoms with E-state index >= 15 is 0 Å². The highest BCUT2D eigenvalue weighted by atomic mass is 79.9. The molecule has 1 amide bonds. The van der Waals surface area contributed by atoms with Gasteiger partial charge in [-0.25, -0.2) is 4.98 Å². The lowest BCUT2D eigenvalue weighted by atomic mass is 10.1. The predicted octanol–water partition coefficient (Wildman–Crippen LogP) is 3.14. The summed E-state index contributed by atoms with van der Waals surface area (Å²) in [6, 6.07) is 7.94. The number of halogens is 1. The predicted molar refractivity (Wildman–Crippen MR) is 125 cm³/mol. The summed E-state index contributed by atoms with van der Waals surface area (Å²) in [5.74, 6) is 0.231. The van der Waals surface area contributed by atoms with Crippen molar-refractivity contribution in [3.63, 3.8) is 0 Å². The molecular weight excluding hydrogens is 464 g/mol. The van der Waals surface area contributed by atoms with Crippen molar-refractivity contribution in [2.75, 3.05) is 31.9 Å². The second kappa shape index (κ2) is 11.1. The van der Waals surface area contributed by atoms with E-state index in [0.717, 1.165) is 29.7 Å². The van der Waals surface area contributed by atoms with E-state index in [9.17, 15) is 9.59 Å². The van der Waals surface area contributed by atoms with Gasteiger partial charge in [-0.05, 0) is 50.6 Å². The summed E-state index contributed by atoms with van der Waals surface area (Å²) in [6.07, 6.45) is 4.36. The molecule has 1 N–H and O–H groups in total. The number of benzene rings is 1. The number of hydrogen-bond acceptors (Lipinski definition) is 5. The molecule has 0 saturated carbocycles. The minimum absolute atomic E-state index is 0.0251. The van der Waals surface area contributed by atoms with E-state index in [1.54, 1.807) is 11.6 Å². The molecule has 6 nitrogen and oxygen atoms in total. The molecule has 1 aliphatic heterocycles. The smallest absolute Gasteiger partial charge is 0.257 e. The Labute approximate surface area is 190 Å². The fourth-order valence-corrected chi connectivity index (χ4v) is 4.69. The second-order valence-electron chi connectivity index (χ2n) is 7.67. The van der Waals surface area contributed by atoms with Gasteiger partial charge >= 0.3 is 0 Å². The monoisotopic (exact) mass is 492 g/mol. The molecule has 162 valence electrons. The van der Waals surface area contributed by atoms with Crippen LogP contribution in [-0.4, -0.2) is 52.3 Å². The molecule has 3 rings (SSSR count). The standard InChI is InChI=1S/C22H29BrN4O2S/c1-16-19(14-17-6-8-18(23)9-7-17)21(29)26(2)22(25-16)30-15-20(28)24-10-13-27-11-4-3-5-12-27/h6-9H,3-5,10-15H2,1-2H3,(H,24,28). The van der Waals surface area contributed by atoms with E-state index in [2.05, 4.69) is 31.1 Å². The van der Waals surface area contributed by atoms with Gasteiger partial charge in [-0.15, -0.1) is 0 Å². The summed E-state index contributed by atoms with van der Waals surface area (Å²) in [7, 11) is 1.72. The molecule has 8 heteroatoms. The van der Waals surface area contributed by atoms with Crippen molar-refractivity contribution in [3.05, 3.63) is 55.9 Å². The number of nitrogens with one attached hydrogen (secondary N) is 1. The summed E-state index contributed by atoms with van der Waals surface area (Å²) < 4.78 is 2.56. The first-order chi connectivity index (χ1) is 14.4. The largest absolute Gasteiger partial charge is 0.354 e. The molecule has 2 heterocycles. The number of thioether (sulfide) groups is 1. The SMILES string of the molecule is Cc1nc(SCC(=O)NCCN2CCCCC2)n(C)c(=O)c1Cc1ccc(Br)cc1. The summed E-state index contributed by atoms with van der Waals surface area (Å²) in [5, 5.41) is 3.55. The molecule has 2 aromatic rings. The highest BCUT2D eigenvalue weighted by Crippen LogP contribution is 2.17. The van der Waals surface area contributed by atoms with Crippen LogP contribution >= 0.6 is 27.7 Å². The number of rotatable bonds is 8. The van der Waals surface area contributed by atoms with Crippen LogP contribution in [0, 0.1) is 6.92 Å². The third-order valence-electron chi connectivity index (χ3n) is 5.38. The fourth-order valence-electron chi connectivity index (χ4n) is 3.59. The maximum absolute atomic E-state index is 12.9. The number of likely N-dealkylation sites (tertiary alicyclic amines) is 1. The van der Waals surface area contributed by atoms with Crippen molar-refractivity contribution in [3.8, 4) is 0 Å². The zero-order chi connectivity index (χ0) is 21.5. The third-order valence-corrected chi connectivity index (χ3v) is 6.93. The van der Waals surface area contributed by atoms with Crippen molar-refractivity contribution in [2.24, 2.45) is 7.05 Å². The molecule has 0 spiro atoms. The van der Waals surface area contributed by atoms with E-state index in [1.807, 2.05) is 31.2 Å². The van der Waals surface area contributed by atoms with Crippen LogP contribution in [0.4, 0.5) is 0 Å². The number of carbonyl (C=O) groups is 1. The van der Waals surface area contributed by atoms with Gasteiger partial charge in [-0.1, -0.05) is 46.2 Å². The Kier molecular flexibility index (Phi) is 8.53. The van der Waals surface area contributed by atoms with Gasteiger partial charge in [0.15, 0.2) is 5.16 Å². The van der Waals surface area contributed by atoms with Crippen molar-refractivity contribution in [2.45, 2.75) is 37.8 Å². The zero-order valence-electron chi connectivity index (χ0n) is 17.6. The van der Waals surface area contributed by atoms with Crippen LogP contribution in [-0.2, 0) is 18.3 Å². The minimum Gasteiger partial charge on any atom is -0.354 e. The van der Waals surface area contributed by atoms with Gasteiger partial charge < -0.3 is 10.2 Å². The number of piperidine rings is 1. The number of nitrogens with zero attached hydrogens (tertiary/aromatic N) is 3. The van der Waals surface area contributed by atoms with Gasteiger partial charge in [0.1, 0.15) is 0 Å². The van der Waals surface area contributed by atoms with Crippen LogP contribution in [0.2, 0.25) is 0 Å².